The number of rotatable bonds is 9. The van der Waals surface area contributed by atoms with Gasteiger partial charge in [-0.2, -0.15) is 0 Å². The average Bonchev–Trinajstić information content (AvgIpc) is 3.72. The summed E-state index contributed by atoms with van der Waals surface area (Å²) in [6, 6.07) is 73.3. The molecule has 290 valence electrons. The lowest BCUT2D eigenvalue weighted by molar-refractivity contribution is 0.420. The third-order valence-electron chi connectivity index (χ3n) is 11.5. The zero-order valence-electron chi connectivity index (χ0n) is 33.0. The van der Waals surface area contributed by atoms with Crippen LogP contribution in [0.15, 0.2) is 228 Å². The molecule has 0 aromatic heterocycles. The second-order valence-corrected chi connectivity index (χ2v) is 19.2. The van der Waals surface area contributed by atoms with Crippen molar-refractivity contribution in [3.63, 3.8) is 0 Å². The largest absolute Gasteiger partial charge is 0.266 e. The van der Waals surface area contributed by atoms with Gasteiger partial charge in [-0.25, -0.2) is 12.7 Å². The summed E-state index contributed by atoms with van der Waals surface area (Å²) in [5.41, 5.74) is 5.59. The first-order valence-corrected chi connectivity index (χ1v) is 23.0. The van der Waals surface area contributed by atoms with E-state index in [0.29, 0.717) is 5.84 Å². The van der Waals surface area contributed by atoms with Crippen LogP contribution in [0.3, 0.4) is 0 Å². The number of nitrogens with zero attached hydrogens (tertiary/aromatic N) is 2. The molecule has 0 radical (unpaired) electrons. The highest BCUT2D eigenvalue weighted by atomic mass is 32.2. The molecule has 0 spiro atoms. The lowest BCUT2D eigenvalue weighted by Crippen LogP contribution is -2.38. The van der Waals surface area contributed by atoms with Crippen LogP contribution in [0.5, 0.6) is 0 Å². The Labute approximate surface area is 353 Å². The lowest BCUT2D eigenvalue weighted by atomic mass is 9.89. The maximum atomic E-state index is 15.6. The summed E-state index contributed by atoms with van der Waals surface area (Å²) in [6.45, 7) is 1.97. The Hall–Kier alpha value is -6.65. The number of sulfonamides is 1. The molecule has 0 amide bonds. The summed E-state index contributed by atoms with van der Waals surface area (Å²) in [5, 5.41) is 7.93. The summed E-state index contributed by atoms with van der Waals surface area (Å²) in [5.74, 6) is 0.418. The number of aryl methyl sites for hydroxylation is 1. The topological polar surface area (TPSA) is 49.7 Å². The third kappa shape index (κ3) is 6.70. The van der Waals surface area contributed by atoms with Gasteiger partial charge in [0.25, 0.3) is 10.0 Å². The molecule has 0 N–H and O–H groups in total. The molecule has 9 aromatic rings. The molecule has 0 bridgehead atoms. The van der Waals surface area contributed by atoms with Crippen LogP contribution in [0.4, 0.5) is 0 Å². The van der Waals surface area contributed by atoms with Gasteiger partial charge in [-0.15, -0.1) is 0 Å². The Morgan fingerprint density at radius 1 is 0.483 bits per heavy atom. The first-order chi connectivity index (χ1) is 29.5. The van der Waals surface area contributed by atoms with Crippen LogP contribution in [0.25, 0.3) is 32.7 Å². The van der Waals surface area contributed by atoms with Crippen molar-refractivity contribution in [2.24, 2.45) is 4.99 Å². The van der Waals surface area contributed by atoms with E-state index in [-0.39, 0.29) is 4.90 Å². The number of hydrogen-bond acceptors (Lipinski definition) is 3. The van der Waals surface area contributed by atoms with Crippen LogP contribution in [0, 0.1) is 6.92 Å². The van der Waals surface area contributed by atoms with Gasteiger partial charge >= 0.3 is 0 Å². The predicted octanol–water partition coefficient (Wildman–Crippen LogP) is 11.7. The highest BCUT2D eigenvalue weighted by Gasteiger charge is 2.46. The van der Waals surface area contributed by atoms with Gasteiger partial charge in [-0.1, -0.05) is 206 Å². The first-order valence-electron chi connectivity index (χ1n) is 20.2. The fourth-order valence-corrected chi connectivity index (χ4v) is 12.8. The lowest BCUT2D eigenvalue weighted by Gasteiger charge is -2.31. The van der Waals surface area contributed by atoms with Crippen molar-refractivity contribution in [3.8, 4) is 11.1 Å². The van der Waals surface area contributed by atoms with E-state index in [0.717, 1.165) is 54.9 Å². The molecular weight excluding hydrogens is 772 g/mol. The van der Waals surface area contributed by atoms with Gasteiger partial charge < -0.3 is 0 Å². The zero-order chi connectivity index (χ0) is 40.6. The normalized spacial score (nSPS) is 15.4. The monoisotopic (exact) mass is 812 g/mol. The molecule has 2 atom stereocenters. The number of hydrogen-bond donors (Lipinski definition) is 0. The molecule has 0 aliphatic carbocycles. The minimum absolute atomic E-state index is 0.223. The molecule has 9 aromatic carbocycles. The van der Waals surface area contributed by atoms with Crippen molar-refractivity contribution in [1.29, 1.82) is 0 Å². The third-order valence-corrected chi connectivity index (χ3v) is 15.7. The SMILES string of the molecule is Cc1ccc(S(=O)(=O)N2C(c3ccc4ccccc4c3-c3c(P(c4ccccc4)c4ccccc4)ccc4ccccc34)=N[C@H](c3ccccc3)[C@@H]2c2ccccc2)cc1. The maximum absolute atomic E-state index is 15.6. The van der Waals surface area contributed by atoms with Crippen LogP contribution < -0.4 is 15.9 Å². The molecular formula is C54H41N2O2PS. The van der Waals surface area contributed by atoms with Crippen LogP contribution >= 0.6 is 7.92 Å². The quantitative estimate of drug-likeness (QED) is 0.136. The van der Waals surface area contributed by atoms with E-state index >= 15 is 8.42 Å². The van der Waals surface area contributed by atoms with E-state index in [1.807, 2.05) is 67.6 Å². The van der Waals surface area contributed by atoms with Gasteiger partial charge in [-0.05, 0) is 87.2 Å². The van der Waals surface area contributed by atoms with E-state index in [4.69, 9.17) is 4.99 Å². The summed E-state index contributed by atoms with van der Waals surface area (Å²) < 4.78 is 32.8. The van der Waals surface area contributed by atoms with Gasteiger partial charge in [0.2, 0.25) is 0 Å². The summed E-state index contributed by atoms with van der Waals surface area (Å²) in [4.78, 5) is 5.83. The standard InChI is InChI=1S/C54H41N2O2PS/c1-38-30-34-45(35-31-38)60(57,58)56-53(42-22-8-3-9-23-42)52(41-20-6-2-7-21-41)55-54(56)48-36-32-39-18-14-16-28-46(39)50(48)51-47-29-17-15-19-40(47)33-37-49(51)59(43-24-10-4-11-25-43)44-26-12-5-13-27-44/h2-37,52-53H,1H3/t52-,53+/m1/s1. The Morgan fingerprint density at radius 2 is 0.967 bits per heavy atom. The molecule has 1 aliphatic rings. The molecule has 0 saturated carbocycles. The van der Waals surface area contributed by atoms with E-state index in [2.05, 4.69) is 146 Å². The van der Waals surface area contributed by atoms with E-state index in [1.54, 1.807) is 16.4 Å². The molecule has 0 saturated heterocycles. The average molecular weight is 813 g/mol. The minimum Gasteiger partial charge on any atom is -0.256 e. The van der Waals surface area contributed by atoms with Gasteiger partial charge in [-0.3, -0.25) is 4.99 Å². The first kappa shape index (κ1) is 37.6. The Bertz CT molecular complexity index is 3080. The van der Waals surface area contributed by atoms with E-state index in [9.17, 15) is 0 Å². The molecule has 10 rings (SSSR count). The number of amidine groups is 1. The summed E-state index contributed by atoms with van der Waals surface area (Å²) in [7, 11) is -5.27. The predicted molar refractivity (Wildman–Crippen MR) is 251 cm³/mol. The van der Waals surface area contributed by atoms with Gasteiger partial charge in [0.15, 0.2) is 0 Å². The number of aliphatic imine (C=N–C) groups is 1. The molecule has 6 heteroatoms. The molecule has 1 aliphatic heterocycles. The Kier molecular flexibility index (Phi) is 9.93. The highest BCUT2D eigenvalue weighted by molar-refractivity contribution is 7.89. The molecule has 1 heterocycles. The van der Waals surface area contributed by atoms with Crippen LogP contribution in [0.1, 0.15) is 34.3 Å². The maximum Gasteiger partial charge on any atom is 0.266 e. The van der Waals surface area contributed by atoms with Crippen molar-refractivity contribution < 1.29 is 8.42 Å². The highest BCUT2D eigenvalue weighted by Crippen LogP contribution is 2.49. The van der Waals surface area contributed by atoms with Crippen molar-refractivity contribution in [2.45, 2.75) is 23.9 Å². The van der Waals surface area contributed by atoms with E-state index < -0.39 is 30.0 Å². The Balaban J connectivity index is 1.33. The fraction of sp³-hybridized carbons (Fsp3) is 0.0556. The van der Waals surface area contributed by atoms with Crippen LogP contribution in [0.2, 0.25) is 0 Å². The minimum atomic E-state index is -4.19. The van der Waals surface area contributed by atoms with Crippen molar-refractivity contribution in [3.05, 3.63) is 241 Å². The van der Waals surface area contributed by atoms with Crippen LogP contribution in [-0.2, 0) is 10.0 Å². The van der Waals surface area contributed by atoms with E-state index in [1.165, 1.54) is 15.9 Å². The van der Waals surface area contributed by atoms with Crippen molar-refractivity contribution in [1.82, 2.24) is 4.31 Å². The van der Waals surface area contributed by atoms with Gasteiger partial charge in [0.1, 0.15) is 11.9 Å². The second-order valence-electron chi connectivity index (χ2n) is 15.2. The smallest absolute Gasteiger partial charge is 0.256 e. The molecule has 0 unspecified atom stereocenters. The molecule has 60 heavy (non-hydrogen) atoms. The fourth-order valence-electron chi connectivity index (χ4n) is 8.69. The van der Waals surface area contributed by atoms with Crippen LogP contribution in [-0.4, -0.2) is 18.6 Å². The summed E-state index contributed by atoms with van der Waals surface area (Å²) >= 11 is 0. The molecule has 0 fully saturated rings. The number of fused-ring (bicyclic) bond motifs is 2. The van der Waals surface area contributed by atoms with Crippen molar-refractivity contribution >= 4 is 61.2 Å². The zero-order valence-corrected chi connectivity index (χ0v) is 34.7. The summed E-state index contributed by atoms with van der Waals surface area (Å²) in [6.07, 6.45) is 0. The molecule has 4 nitrogen and oxygen atoms in total. The van der Waals surface area contributed by atoms with Crippen molar-refractivity contribution in [2.75, 3.05) is 0 Å². The van der Waals surface area contributed by atoms with Gasteiger partial charge in [0.05, 0.1) is 10.9 Å². The van der Waals surface area contributed by atoms with Gasteiger partial charge in [0, 0.05) is 11.1 Å². The second kappa shape index (κ2) is 15.8. The Morgan fingerprint density at radius 3 is 1.55 bits per heavy atom. The number of benzene rings is 9.